The number of aryl methyl sites for hydroxylation is 2. The topological polar surface area (TPSA) is 55.9 Å². The molecule has 3 unspecified atom stereocenters. The number of rotatable bonds is 2. The fourth-order valence-electron chi connectivity index (χ4n) is 2.81. The van der Waals surface area contributed by atoms with Crippen molar-refractivity contribution >= 4 is 11.5 Å². The van der Waals surface area contributed by atoms with Crippen LogP contribution in [-0.4, -0.2) is 15.8 Å². The van der Waals surface area contributed by atoms with E-state index < -0.39 is 0 Å². The van der Waals surface area contributed by atoms with Crippen LogP contribution in [0.5, 0.6) is 0 Å². The minimum atomic E-state index is 0.524. The van der Waals surface area contributed by atoms with E-state index in [0.717, 1.165) is 23.1 Å². The zero-order valence-corrected chi connectivity index (χ0v) is 11.3. The number of anilines is 2. The van der Waals surface area contributed by atoms with Crippen molar-refractivity contribution in [2.45, 2.75) is 46.1 Å². The molecule has 17 heavy (non-hydrogen) atoms. The van der Waals surface area contributed by atoms with E-state index in [9.17, 15) is 0 Å². The molecule has 96 valence electrons. The molecule has 1 heterocycles. The predicted octanol–water partition coefficient (Wildman–Crippen LogP) is 2.55. The summed E-state index contributed by atoms with van der Waals surface area (Å²) in [5.74, 6) is 2.46. The highest BCUT2D eigenvalue weighted by Crippen LogP contribution is 2.33. The van der Waals surface area contributed by atoms with Crippen molar-refractivity contribution < 1.29 is 0 Å². The van der Waals surface area contributed by atoms with Crippen molar-refractivity contribution in [3.8, 4) is 0 Å². The van der Waals surface area contributed by atoms with Crippen LogP contribution in [0, 0.1) is 18.8 Å². The lowest BCUT2D eigenvalue weighted by Crippen LogP contribution is -2.35. The first-order chi connectivity index (χ1) is 8.00. The van der Waals surface area contributed by atoms with E-state index in [0.29, 0.717) is 12.0 Å². The SMILES string of the molecule is Cc1nn(C)c(NC2CCCC(C)C2C)c1N. The standard InChI is InChI=1S/C13H24N4/c1-8-6-5-7-11(9(8)2)15-13-12(14)10(3)16-17(13)4/h8-9,11,15H,5-7,14H2,1-4H3. The van der Waals surface area contributed by atoms with Crippen LogP contribution in [0.15, 0.2) is 0 Å². The zero-order chi connectivity index (χ0) is 12.6. The molecule has 4 nitrogen and oxygen atoms in total. The molecule has 0 amide bonds. The van der Waals surface area contributed by atoms with Crippen molar-refractivity contribution in [1.29, 1.82) is 0 Å². The summed E-state index contributed by atoms with van der Waals surface area (Å²) in [6.45, 7) is 6.63. The van der Waals surface area contributed by atoms with Gasteiger partial charge in [-0.15, -0.1) is 0 Å². The Kier molecular flexibility index (Phi) is 3.31. The maximum atomic E-state index is 6.05. The normalized spacial score (nSPS) is 29.3. The molecule has 0 saturated heterocycles. The first-order valence-electron chi connectivity index (χ1n) is 6.56. The van der Waals surface area contributed by atoms with Gasteiger partial charge in [0.2, 0.25) is 0 Å². The van der Waals surface area contributed by atoms with Crippen molar-refractivity contribution in [3.05, 3.63) is 5.69 Å². The van der Waals surface area contributed by atoms with Gasteiger partial charge in [0, 0.05) is 13.1 Å². The van der Waals surface area contributed by atoms with Gasteiger partial charge in [-0.05, 0) is 25.2 Å². The van der Waals surface area contributed by atoms with Gasteiger partial charge in [0.1, 0.15) is 5.82 Å². The van der Waals surface area contributed by atoms with Gasteiger partial charge in [0.05, 0.1) is 11.4 Å². The first kappa shape index (κ1) is 12.3. The van der Waals surface area contributed by atoms with Gasteiger partial charge >= 0.3 is 0 Å². The summed E-state index contributed by atoms with van der Waals surface area (Å²) >= 11 is 0. The summed E-state index contributed by atoms with van der Waals surface area (Å²) in [7, 11) is 1.95. The number of nitrogens with zero attached hydrogens (tertiary/aromatic N) is 2. The number of hydrogen-bond donors (Lipinski definition) is 2. The zero-order valence-electron chi connectivity index (χ0n) is 11.3. The van der Waals surface area contributed by atoms with E-state index >= 15 is 0 Å². The van der Waals surface area contributed by atoms with Crippen LogP contribution in [0.4, 0.5) is 11.5 Å². The fourth-order valence-corrected chi connectivity index (χ4v) is 2.81. The average Bonchev–Trinajstić information content (AvgIpc) is 2.51. The summed E-state index contributed by atoms with van der Waals surface area (Å²) in [5.41, 5.74) is 7.75. The second-order valence-electron chi connectivity index (χ2n) is 5.49. The summed E-state index contributed by atoms with van der Waals surface area (Å²) in [6.07, 6.45) is 3.88. The molecular weight excluding hydrogens is 212 g/mol. The van der Waals surface area contributed by atoms with Crippen LogP contribution in [0.25, 0.3) is 0 Å². The van der Waals surface area contributed by atoms with Crippen LogP contribution in [0.3, 0.4) is 0 Å². The summed E-state index contributed by atoms with van der Waals surface area (Å²) in [5, 5.41) is 7.94. The van der Waals surface area contributed by atoms with Crippen molar-refractivity contribution in [2.75, 3.05) is 11.1 Å². The van der Waals surface area contributed by atoms with Gasteiger partial charge in [-0.25, -0.2) is 0 Å². The number of aromatic nitrogens is 2. The molecule has 3 N–H and O–H groups in total. The molecule has 0 spiro atoms. The lowest BCUT2D eigenvalue weighted by Gasteiger charge is -2.35. The number of hydrogen-bond acceptors (Lipinski definition) is 3. The smallest absolute Gasteiger partial charge is 0.147 e. The van der Waals surface area contributed by atoms with Crippen LogP contribution in [-0.2, 0) is 7.05 Å². The van der Waals surface area contributed by atoms with E-state index in [1.165, 1.54) is 19.3 Å². The molecule has 0 radical (unpaired) electrons. The molecule has 1 aliphatic rings. The number of nitrogen functional groups attached to an aromatic ring is 1. The Morgan fingerprint density at radius 1 is 1.35 bits per heavy atom. The third-order valence-corrected chi connectivity index (χ3v) is 4.30. The monoisotopic (exact) mass is 236 g/mol. The average molecular weight is 236 g/mol. The van der Waals surface area contributed by atoms with Crippen molar-refractivity contribution in [3.63, 3.8) is 0 Å². The van der Waals surface area contributed by atoms with E-state index in [1.54, 1.807) is 0 Å². The third-order valence-electron chi connectivity index (χ3n) is 4.30. The molecule has 0 bridgehead atoms. The minimum Gasteiger partial charge on any atom is -0.394 e. The molecule has 0 aromatic carbocycles. The van der Waals surface area contributed by atoms with Crippen molar-refractivity contribution in [1.82, 2.24) is 9.78 Å². The molecule has 1 aromatic rings. The Labute approximate surface area is 104 Å². The molecule has 3 atom stereocenters. The van der Waals surface area contributed by atoms with Crippen LogP contribution in [0.2, 0.25) is 0 Å². The quantitative estimate of drug-likeness (QED) is 0.829. The highest BCUT2D eigenvalue weighted by Gasteiger charge is 2.28. The molecule has 4 heteroatoms. The second-order valence-corrected chi connectivity index (χ2v) is 5.49. The van der Waals surface area contributed by atoms with E-state index in [2.05, 4.69) is 24.3 Å². The van der Waals surface area contributed by atoms with E-state index in [-0.39, 0.29) is 0 Å². The Bertz CT molecular complexity index is 396. The number of nitrogens with two attached hydrogens (primary N) is 1. The van der Waals surface area contributed by atoms with Crippen LogP contribution in [0.1, 0.15) is 38.8 Å². The van der Waals surface area contributed by atoms with Crippen LogP contribution < -0.4 is 11.1 Å². The van der Waals surface area contributed by atoms with Gasteiger partial charge < -0.3 is 11.1 Å². The summed E-state index contributed by atoms with van der Waals surface area (Å²) < 4.78 is 1.86. The Balaban J connectivity index is 2.14. The third kappa shape index (κ3) is 2.26. The van der Waals surface area contributed by atoms with E-state index in [1.807, 2.05) is 18.7 Å². The van der Waals surface area contributed by atoms with Gasteiger partial charge in [-0.1, -0.05) is 26.7 Å². The summed E-state index contributed by atoms with van der Waals surface area (Å²) in [6, 6.07) is 0.524. The second kappa shape index (κ2) is 4.59. The van der Waals surface area contributed by atoms with E-state index in [4.69, 9.17) is 5.73 Å². The van der Waals surface area contributed by atoms with Crippen LogP contribution >= 0.6 is 0 Å². The lowest BCUT2D eigenvalue weighted by atomic mass is 9.78. The largest absolute Gasteiger partial charge is 0.394 e. The fraction of sp³-hybridized carbons (Fsp3) is 0.769. The Morgan fingerprint density at radius 3 is 2.65 bits per heavy atom. The minimum absolute atomic E-state index is 0.524. The maximum absolute atomic E-state index is 6.05. The number of nitrogens with one attached hydrogen (secondary N) is 1. The molecular formula is C13H24N4. The molecule has 1 saturated carbocycles. The summed E-state index contributed by atoms with van der Waals surface area (Å²) in [4.78, 5) is 0. The highest BCUT2D eigenvalue weighted by molar-refractivity contribution is 5.65. The molecule has 1 aliphatic carbocycles. The van der Waals surface area contributed by atoms with Gasteiger partial charge in [-0.3, -0.25) is 4.68 Å². The van der Waals surface area contributed by atoms with Gasteiger partial charge in [0.25, 0.3) is 0 Å². The molecule has 1 aromatic heterocycles. The lowest BCUT2D eigenvalue weighted by molar-refractivity contribution is 0.252. The molecule has 1 fully saturated rings. The van der Waals surface area contributed by atoms with Gasteiger partial charge in [0.15, 0.2) is 0 Å². The predicted molar refractivity (Wildman–Crippen MR) is 71.9 cm³/mol. The van der Waals surface area contributed by atoms with Gasteiger partial charge in [-0.2, -0.15) is 5.10 Å². The first-order valence-corrected chi connectivity index (χ1v) is 6.56. The molecule has 2 rings (SSSR count). The maximum Gasteiger partial charge on any atom is 0.147 e. The molecule has 0 aliphatic heterocycles. The Hall–Kier alpha value is -1.19. The van der Waals surface area contributed by atoms with Crippen molar-refractivity contribution in [2.24, 2.45) is 18.9 Å². The highest BCUT2D eigenvalue weighted by atomic mass is 15.3. The Morgan fingerprint density at radius 2 is 2.06 bits per heavy atom.